The van der Waals surface area contributed by atoms with Crippen molar-refractivity contribution >= 4 is 0 Å². The van der Waals surface area contributed by atoms with Crippen molar-refractivity contribution in [1.82, 2.24) is 0 Å². The van der Waals surface area contributed by atoms with Gasteiger partial charge in [0.2, 0.25) is 0 Å². The molecule has 1 heteroatoms. The Hall–Kier alpha value is -0.0400. The highest BCUT2D eigenvalue weighted by Crippen LogP contribution is 2.24. The molecule has 2 atom stereocenters. The molecule has 0 aliphatic heterocycles. The largest absolute Gasteiger partial charge is 0.378 e. The first kappa shape index (κ1) is 9.05. The van der Waals surface area contributed by atoms with E-state index in [2.05, 4.69) is 13.8 Å². The molecule has 0 aromatic heterocycles. The molecule has 1 aliphatic carbocycles. The molecule has 2 unspecified atom stereocenters. The molecule has 0 heterocycles. The molecule has 1 saturated carbocycles. The zero-order chi connectivity index (χ0) is 8.10. The normalized spacial score (nSPS) is 33.3. The number of ether oxygens (including phenoxy) is 1. The summed E-state index contributed by atoms with van der Waals surface area (Å²) in [6.07, 6.45) is 7.40. The molecular formula is C10H20O. The predicted octanol–water partition coefficient (Wildman–Crippen LogP) is 2.99. The summed E-state index contributed by atoms with van der Waals surface area (Å²) in [7, 11) is 0. The van der Waals surface area contributed by atoms with Gasteiger partial charge in [0.05, 0.1) is 6.10 Å². The summed E-state index contributed by atoms with van der Waals surface area (Å²) < 4.78 is 5.68. The Morgan fingerprint density at radius 1 is 1.18 bits per heavy atom. The van der Waals surface area contributed by atoms with Crippen LogP contribution in [0, 0.1) is 5.92 Å². The van der Waals surface area contributed by atoms with Crippen molar-refractivity contribution in [1.29, 1.82) is 0 Å². The van der Waals surface area contributed by atoms with Gasteiger partial charge in [-0.25, -0.2) is 0 Å². The van der Waals surface area contributed by atoms with Crippen LogP contribution in [-0.4, -0.2) is 12.7 Å². The Morgan fingerprint density at radius 2 is 1.91 bits per heavy atom. The van der Waals surface area contributed by atoms with E-state index in [4.69, 9.17) is 4.74 Å². The standard InChI is InChI=1S/C10H20O/c1-3-11-10-8-6-4-5-7-9(10)2/h9-10H,3-8H2,1-2H3. The second-order valence-corrected chi connectivity index (χ2v) is 3.61. The van der Waals surface area contributed by atoms with E-state index >= 15 is 0 Å². The molecule has 0 spiro atoms. The van der Waals surface area contributed by atoms with Crippen LogP contribution in [0.25, 0.3) is 0 Å². The van der Waals surface area contributed by atoms with Crippen molar-refractivity contribution in [2.45, 2.75) is 52.1 Å². The lowest BCUT2D eigenvalue weighted by molar-refractivity contribution is 0.0211. The highest BCUT2D eigenvalue weighted by atomic mass is 16.5. The van der Waals surface area contributed by atoms with Gasteiger partial charge in [-0.15, -0.1) is 0 Å². The van der Waals surface area contributed by atoms with Crippen molar-refractivity contribution in [3.63, 3.8) is 0 Å². The van der Waals surface area contributed by atoms with Gasteiger partial charge in [0, 0.05) is 6.61 Å². The molecule has 0 amide bonds. The second-order valence-electron chi connectivity index (χ2n) is 3.61. The van der Waals surface area contributed by atoms with E-state index in [9.17, 15) is 0 Å². The first-order valence-electron chi connectivity index (χ1n) is 4.96. The average Bonchev–Trinajstić information content (AvgIpc) is 2.18. The number of rotatable bonds is 2. The van der Waals surface area contributed by atoms with Crippen LogP contribution in [0.15, 0.2) is 0 Å². The predicted molar refractivity (Wildman–Crippen MR) is 47.7 cm³/mol. The maximum atomic E-state index is 5.68. The van der Waals surface area contributed by atoms with Gasteiger partial charge in [0.25, 0.3) is 0 Å². The maximum Gasteiger partial charge on any atom is 0.0600 e. The summed E-state index contributed by atoms with van der Waals surface area (Å²) >= 11 is 0. The van der Waals surface area contributed by atoms with E-state index in [1.165, 1.54) is 32.1 Å². The van der Waals surface area contributed by atoms with Gasteiger partial charge >= 0.3 is 0 Å². The van der Waals surface area contributed by atoms with E-state index in [0.29, 0.717) is 6.10 Å². The Morgan fingerprint density at radius 3 is 2.64 bits per heavy atom. The van der Waals surface area contributed by atoms with Crippen LogP contribution in [0.4, 0.5) is 0 Å². The highest BCUT2D eigenvalue weighted by Gasteiger charge is 2.19. The Balaban J connectivity index is 2.32. The SMILES string of the molecule is CCOC1CCCCCC1C. The van der Waals surface area contributed by atoms with E-state index < -0.39 is 0 Å². The summed E-state index contributed by atoms with van der Waals surface area (Å²) in [6, 6.07) is 0. The van der Waals surface area contributed by atoms with Crippen LogP contribution in [-0.2, 0) is 4.74 Å². The van der Waals surface area contributed by atoms with Crippen LogP contribution in [0.5, 0.6) is 0 Å². The van der Waals surface area contributed by atoms with Gasteiger partial charge in [-0.1, -0.05) is 26.2 Å². The Bertz CT molecular complexity index is 101. The van der Waals surface area contributed by atoms with Gasteiger partial charge in [0.1, 0.15) is 0 Å². The van der Waals surface area contributed by atoms with Crippen molar-refractivity contribution in [2.75, 3.05) is 6.61 Å². The zero-order valence-corrected chi connectivity index (χ0v) is 7.81. The lowest BCUT2D eigenvalue weighted by Gasteiger charge is -2.20. The maximum absolute atomic E-state index is 5.68. The molecule has 1 aliphatic rings. The van der Waals surface area contributed by atoms with Gasteiger partial charge < -0.3 is 4.74 Å². The molecule has 0 N–H and O–H groups in total. The van der Waals surface area contributed by atoms with Crippen LogP contribution < -0.4 is 0 Å². The molecule has 11 heavy (non-hydrogen) atoms. The van der Waals surface area contributed by atoms with Gasteiger partial charge in [-0.2, -0.15) is 0 Å². The first-order valence-corrected chi connectivity index (χ1v) is 4.96. The average molecular weight is 156 g/mol. The summed E-state index contributed by atoms with van der Waals surface area (Å²) in [6.45, 7) is 5.30. The molecule has 0 bridgehead atoms. The molecule has 0 aromatic rings. The van der Waals surface area contributed by atoms with E-state index in [0.717, 1.165) is 12.5 Å². The van der Waals surface area contributed by atoms with Gasteiger partial charge in [-0.3, -0.25) is 0 Å². The third-order valence-electron chi connectivity index (χ3n) is 2.66. The Labute approximate surface area is 70.1 Å². The van der Waals surface area contributed by atoms with Crippen molar-refractivity contribution in [3.8, 4) is 0 Å². The fourth-order valence-corrected chi connectivity index (χ4v) is 1.92. The third-order valence-corrected chi connectivity index (χ3v) is 2.66. The molecule has 1 rings (SSSR count). The summed E-state index contributed by atoms with van der Waals surface area (Å²) in [5.41, 5.74) is 0. The smallest absolute Gasteiger partial charge is 0.0600 e. The molecular weight excluding hydrogens is 136 g/mol. The number of hydrogen-bond acceptors (Lipinski definition) is 1. The van der Waals surface area contributed by atoms with Crippen molar-refractivity contribution in [3.05, 3.63) is 0 Å². The molecule has 0 saturated heterocycles. The monoisotopic (exact) mass is 156 g/mol. The minimum Gasteiger partial charge on any atom is -0.378 e. The fraction of sp³-hybridized carbons (Fsp3) is 1.00. The van der Waals surface area contributed by atoms with Gasteiger partial charge in [0.15, 0.2) is 0 Å². The lowest BCUT2D eigenvalue weighted by atomic mass is 10.00. The van der Waals surface area contributed by atoms with E-state index in [1.807, 2.05) is 0 Å². The minimum absolute atomic E-state index is 0.558. The molecule has 66 valence electrons. The lowest BCUT2D eigenvalue weighted by Crippen LogP contribution is -2.20. The molecule has 0 radical (unpaired) electrons. The summed E-state index contributed by atoms with van der Waals surface area (Å²) in [5, 5.41) is 0. The Kier molecular flexibility index (Phi) is 3.92. The van der Waals surface area contributed by atoms with Crippen LogP contribution in [0.1, 0.15) is 46.0 Å². The minimum atomic E-state index is 0.558. The fourth-order valence-electron chi connectivity index (χ4n) is 1.92. The van der Waals surface area contributed by atoms with Crippen molar-refractivity contribution < 1.29 is 4.74 Å². The van der Waals surface area contributed by atoms with Crippen LogP contribution in [0.2, 0.25) is 0 Å². The summed E-state index contributed by atoms with van der Waals surface area (Å²) in [5.74, 6) is 0.789. The summed E-state index contributed by atoms with van der Waals surface area (Å²) in [4.78, 5) is 0. The molecule has 0 aromatic carbocycles. The molecule has 1 fully saturated rings. The van der Waals surface area contributed by atoms with Crippen LogP contribution in [0.3, 0.4) is 0 Å². The van der Waals surface area contributed by atoms with Crippen LogP contribution >= 0.6 is 0 Å². The van der Waals surface area contributed by atoms with E-state index in [-0.39, 0.29) is 0 Å². The zero-order valence-electron chi connectivity index (χ0n) is 7.81. The molecule has 1 nitrogen and oxygen atoms in total. The highest BCUT2D eigenvalue weighted by molar-refractivity contribution is 4.70. The number of hydrogen-bond donors (Lipinski definition) is 0. The second kappa shape index (κ2) is 4.76. The topological polar surface area (TPSA) is 9.23 Å². The van der Waals surface area contributed by atoms with E-state index in [1.54, 1.807) is 0 Å². The third kappa shape index (κ3) is 2.82. The van der Waals surface area contributed by atoms with Crippen molar-refractivity contribution in [2.24, 2.45) is 5.92 Å². The first-order chi connectivity index (χ1) is 5.34. The quantitative estimate of drug-likeness (QED) is 0.558. The van der Waals surface area contributed by atoms with Gasteiger partial charge in [-0.05, 0) is 25.7 Å².